The summed E-state index contributed by atoms with van der Waals surface area (Å²) in [6.45, 7) is 8.54. The van der Waals surface area contributed by atoms with Crippen LogP contribution in [0.3, 0.4) is 0 Å². The zero-order valence-electron chi connectivity index (χ0n) is 17.9. The number of furan rings is 1. The maximum absolute atomic E-state index is 12.3. The number of rotatable bonds is 9. The minimum absolute atomic E-state index is 0. The minimum atomic E-state index is -3.30. The monoisotopic (exact) mass is 549 g/mol. The van der Waals surface area contributed by atoms with Crippen molar-refractivity contribution in [3.8, 4) is 0 Å². The summed E-state index contributed by atoms with van der Waals surface area (Å²) in [5.74, 6) is 2.00. The van der Waals surface area contributed by atoms with Gasteiger partial charge in [0.1, 0.15) is 17.1 Å². The second-order valence-electron chi connectivity index (χ2n) is 7.21. The Hall–Kier alpha value is -1.59. The van der Waals surface area contributed by atoms with Crippen LogP contribution in [0.5, 0.6) is 0 Å². The van der Waals surface area contributed by atoms with Gasteiger partial charge in [0.2, 0.25) is 0 Å². The van der Waals surface area contributed by atoms with Crippen LogP contribution in [0.15, 0.2) is 50.7 Å². The molecule has 0 aliphatic carbocycles. The molecule has 2 rings (SSSR count). The van der Waals surface area contributed by atoms with E-state index in [1.165, 1.54) is 0 Å². The molecule has 0 bridgehead atoms. The number of halogens is 1. The van der Waals surface area contributed by atoms with Crippen LogP contribution in [0.2, 0.25) is 0 Å². The SMILES string of the molecule is CCNC(=NCC(C)(O)c1cc(C)oc1C)NCCCS(=O)(=O)c1ccccc1.I. The van der Waals surface area contributed by atoms with Crippen molar-refractivity contribution in [2.24, 2.45) is 4.99 Å². The van der Waals surface area contributed by atoms with Gasteiger partial charge in [0.15, 0.2) is 15.8 Å². The minimum Gasteiger partial charge on any atom is -0.466 e. The second-order valence-corrected chi connectivity index (χ2v) is 9.32. The van der Waals surface area contributed by atoms with Crippen molar-refractivity contribution in [1.29, 1.82) is 0 Å². The van der Waals surface area contributed by atoms with Crippen molar-refractivity contribution in [3.63, 3.8) is 0 Å². The molecule has 1 atom stereocenters. The van der Waals surface area contributed by atoms with Crippen LogP contribution in [-0.2, 0) is 15.4 Å². The summed E-state index contributed by atoms with van der Waals surface area (Å²) in [6.07, 6.45) is 0.443. The third-order valence-electron chi connectivity index (χ3n) is 4.50. The standard InChI is InChI=1S/C21H31N3O4S.HI/c1-5-22-20(24-15-21(4,25)19-14-16(2)28-17(19)3)23-12-9-13-29(26,27)18-10-7-6-8-11-18;/h6-8,10-11,14,25H,5,9,12-13,15H2,1-4H3,(H2,22,23,24);1H. The Morgan fingerprint density at radius 3 is 2.43 bits per heavy atom. The number of guanidine groups is 1. The number of sulfone groups is 1. The highest BCUT2D eigenvalue weighted by Crippen LogP contribution is 2.27. The lowest BCUT2D eigenvalue weighted by molar-refractivity contribution is 0.0657. The molecule has 30 heavy (non-hydrogen) atoms. The van der Waals surface area contributed by atoms with Gasteiger partial charge < -0.3 is 20.2 Å². The highest BCUT2D eigenvalue weighted by Gasteiger charge is 2.27. The lowest BCUT2D eigenvalue weighted by Gasteiger charge is -2.21. The highest BCUT2D eigenvalue weighted by atomic mass is 127. The second kappa shape index (κ2) is 11.7. The van der Waals surface area contributed by atoms with E-state index in [4.69, 9.17) is 4.42 Å². The fraction of sp³-hybridized carbons (Fsp3) is 0.476. The first-order chi connectivity index (χ1) is 13.7. The average Bonchev–Trinajstić information content (AvgIpc) is 3.03. The molecular formula is C21H32IN3O4S. The van der Waals surface area contributed by atoms with Crippen LogP contribution in [0.4, 0.5) is 0 Å². The summed E-state index contributed by atoms with van der Waals surface area (Å²) < 4.78 is 30.2. The molecule has 2 aromatic rings. The topological polar surface area (TPSA) is 104 Å². The van der Waals surface area contributed by atoms with Crippen molar-refractivity contribution in [2.75, 3.05) is 25.4 Å². The van der Waals surface area contributed by atoms with E-state index >= 15 is 0 Å². The lowest BCUT2D eigenvalue weighted by atomic mass is 9.96. The van der Waals surface area contributed by atoms with Gasteiger partial charge in [0.05, 0.1) is 17.2 Å². The van der Waals surface area contributed by atoms with E-state index < -0.39 is 15.4 Å². The average molecular weight is 549 g/mol. The number of aryl methyl sites for hydroxylation is 2. The van der Waals surface area contributed by atoms with Crippen LogP contribution >= 0.6 is 24.0 Å². The Labute approximate surface area is 196 Å². The van der Waals surface area contributed by atoms with Gasteiger partial charge in [-0.25, -0.2) is 13.4 Å². The number of aliphatic hydroxyl groups is 1. The Balaban J connectivity index is 0.00000450. The Kier molecular flexibility index (Phi) is 10.3. The van der Waals surface area contributed by atoms with Gasteiger partial charge >= 0.3 is 0 Å². The first-order valence-corrected chi connectivity index (χ1v) is 11.4. The molecule has 0 radical (unpaired) electrons. The van der Waals surface area contributed by atoms with Crippen LogP contribution in [0.25, 0.3) is 0 Å². The van der Waals surface area contributed by atoms with E-state index in [0.29, 0.717) is 41.7 Å². The number of nitrogens with one attached hydrogen (secondary N) is 2. The van der Waals surface area contributed by atoms with Gasteiger partial charge in [-0.15, -0.1) is 24.0 Å². The normalized spacial score (nSPS) is 14.0. The molecule has 0 spiro atoms. The van der Waals surface area contributed by atoms with E-state index in [2.05, 4.69) is 15.6 Å². The van der Waals surface area contributed by atoms with Crippen LogP contribution < -0.4 is 10.6 Å². The third-order valence-corrected chi connectivity index (χ3v) is 6.31. The summed E-state index contributed by atoms with van der Waals surface area (Å²) in [4.78, 5) is 4.79. The summed E-state index contributed by atoms with van der Waals surface area (Å²) in [5, 5.41) is 17.0. The lowest BCUT2D eigenvalue weighted by Crippen LogP contribution is -2.39. The van der Waals surface area contributed by atoms with Gasteiger partial charge in [0.25, 0.3) is 0 Å². The molecule has 0 fully saturated rings. The van der Waals surface area contributed by atoms with E-state index in [9.17, 15) is 13.5 Å². The van der Waals surface area contributed by atoms with E-state index in [1.54, 1.807) is 37.3 Å². The van der Waals surface area contributed by atoms with Crippen LogP contribution in [0, 0.1) is 13.8 Å². The van der Waals surface area contributed by atoms with Crippen molar-refractivity contribution in [3.05, 3.63) is 53.5 Å². The van der Waals surface area contributed by atoms with Crippen LogP contribution in [0.1, 0.15) is 37.4 Å². The maximum Gasteiger partial charge on any atom is 0.191 e. The molecule has 1 unspecified atom stereocenters. The Morgan fingerprint density at radius 2 is 1.87 bits per heavy atom. The third kappa shape index (κ3) is 7.59. The molecule has 0 saturated carbocycles. The Bertz CT molecular complexity index is 925. The molecule has 0 aliphatic rings. The summed E-state index contributed by atoms with van der Waals surface area (Å²) in [5.41, 5.74) is -0.454. The molecule has 1 aromatic heterocycles. The first kappa shape index (κ1) is 26.4. The van der Waals surface area contributed by atoms with Crippen molar-refractivity contribution >= 4 is 39.8 Å². The van der Waals surface area contributed by atoms with Gasteiger partial charge in [0, 0.05) is 18.7 Å². The molecule has 168 valence electrons. The number of nitrogens with zero attached hydrogens (tertiary/aromatic N) is 1. The van der Waals surface area contributed by atoms with Crippen molar-refractivity contribution < 1.29 is 17.9 Å². The molecule has 0 amide bonds. The summed E-state index contributed by atoms with van der Waals surface area (Å²) >= 11 is 0. The van der Waals surface area contributed by atoms with Gasteiger partial charge in [-0.05, 0) is 52.3 Å². The quantitative estimate of drug-likeness (QED) is 0.192. The number of hydrogen-bond donors (Lipinski definition) is 3. The summed E-state index contributed by atoms with van der Waals surface area (Å²) in [7, 11) is -3.30. The first-order valence-electron chi connectivity index (χ1n) is 9.75. The highest BCUT2D eigenvalue weighted by molar-refractivity contribution is 14.0. The number of benzene rings is 1. The molecule has 0 saturated heterocycles. The smallest absolute Gasteiger partial charge is 0.191 e. The molecule has 0 aliphatic heterocycles. The Morgan fingerprint density at radius 1 is 1.20 bits per heavy atom. The van der Waals surface area contributed by atoms with Crippen LogP contribution in [-0.4, -0.2) is 44.9 Å². The molecule has 3 N–H and O–H groups in total. The fourth-order valence-corrected chi connectivity index (χ4v) is 4.37. The number of aliphatic imine (C=N–C) groups is 1. The largest absolute Gasteiger partial charge is 0.466 e. The van der Waals surface area contributed by atoms with Gasteiger partial charge in [-0.1, -0.05) is 18.2 Å². The predicted molar refractivity (Wildman–Crippen MR) is 130 cm³/mol. The van der Waals surface area contributed by atoms with E-state index in [0.717, 1.165) is 5.76 Å². The zero-order chi connectivity index (χ0) is 21.5. The van der Waals surface area contributed by atoms with E-state index in [-0.39, 0.29) is 36.3 Å². The molecule has 1 aromatic carbocycles. The predicted octanol–water partition coefficient (Wildman–Crippen LogP) is 3.14. The molecular weight excluding hydrogens is 517 g/mol. The maximum atomic E-state index is 12.3. The molecule has 7 nitrogen and oxygen atoms in total. The van der Waals surface area contributed by atoms with Gasteiger partial charge in [-0.3, -0.25) is 0 Å². The van der Waals surface area contributed by atoms with Crippen molar-refractivity contribution in [1.82, 2.24) is 10.6 Å². The molecule has 9 heteroatoms. The number of hydrogen-bond acceptors (Lipinski definition) is 5. The van der Waals surface area contributed by atoms with Crippen molar-refractivity contribution in [2.45, 2.75) is 44.6 Å². The molecule has 1 heterocycles. The zero-order valence-corrected chi connectivity index (χ0v) is 21.1. The summed E-state index contributed by atoms with van der Waals surface area (Å²) in [6, 6.07) is 10.3. The van der Waals surface area contributed by atoms with Gasteiger partial charge in [-0.2, -0.15) is 0 Å². The fourth-order valence-electron chi connectivity index (χ4n) is 3.04. The van der Waals surface area contributed by atoms with E-state index in [1.807, 2.05) is 26.8 Å².